The molecule has 0 aliphatic rings. The average Bonchev–Trinajstić information content (AvgIpc) is 2.49. The minimum atomic E-state index is -3.86. The van der Waals surface area contributed by atoms with E-state index in [2.05, 4.69) is 4.98 Å². The zero-order chi connectivity index (χ0) is 15.6. The fourth-order valence-electron chi connectivity index (χ4n) is 1.63. The van der Waals surface area contributed by atoms with Gasteiger partial charge >= 0.3 is 0 Å². The van der Waals surface area contributed by atoms with Gasteiger partial charge in [-0.25, -0.2) is 8.42 Å². The first-order valence-corrected chi connectivity index (χ1v) is 7.55. The molecule has 0 aliphatic heterocycles. The number of sulfonamides is 1. The van der Waals surface area contributed by atoms with Crippen LogP contribution < -0.4 is 9.86 Å². The Kier molecular flexibility index (Phi) is 4.02. The van der Waals surface area contributed by atoms with Crippen molar-refractivity contribution < 1.29 is 8.42 Å². The van der Waals surface area contributed by atoms with Gasteiger partial charge in [-0.05, 0) is 30.3 Å². The zero-order valence-electron chi connectivity index (χ0n) is 10.9. The number of anilines is 1. The van der Waals surface area contributed by atoms with Gasteiger partial charge in [0.25, 0.3) is 15.6 Å². The number of nitrogens with zero attached hydrogens (tertiary/aromatic N) is 2. The molecule has 6 nitrogen and oxygen atoms in total. The van der Waals surface area contributed by atoms with Crippen LogP contribution in [0.1, 0.15) is 5.56 Å². The molecule has 0 radical (unpaired) electrons. The lowest BCUT2D eigenvalue weighted by Crippen LogP contribution is -2.27. The Morgan fingerprint density at radius 1 is 1.29 bits per heavy atom. The van der Waals surface area contributed by atoms with E-state index in [1.807, 2.05) is 6.07 Å². The third kappa shape index (κ3) is 2.91. The summed E-state index contributed by atoms with van der Waals surface area (Å²) in [5, 5.41) is 8.53. The molecule has 1 N–H and O–H groups in total. The van der Waals surface area contributed by atoms with Crippen molar-refractivity contribution in [1.29, 1.82) is 5.26 Å². The van der Waals surface area contributed by atoms with Crippen molar-refractivity contribution in [3.63, 3.8) is 0 Å². The number of aromatic amines is 1. The molecule has 0 spiro atoms. The first kappa shape index (κ1) is 15.1. The van der Waals surface area contributed by atoms with Gasteiger partial charge in [-0.2, -0.15) is 5.26 Å². The molecule has 1 heterocycles. The molecular weight excluding hydrogens is 314 g/mol. The summed E-state index contributed by atoms with van der Waals surface area (Å²) in [4.78, 5) is 13.3. The summed E-state index contributed by atoms with van der Waals surface area (Å²) in [6, 6.07) is 9.11. The summed E-state index contributed by atoms with van der Waals surface area (Å²) in [5.74, 6) is 0. The Morgan fingerprint density at radius 3 is 2.43 bits per heavy atom. The van der Waals surface area contributed by atoms with Crippen LogP contribution in [0.15, 0.2) is 46.2 Å². The largest absolute Gasteiger partial charge is 0.326 e. The molecule has 0 saturated carbocycles. The third-order valence-electron chi connectivity index (χ3n) is 2.85. The Hall–Kier alpha value is -2.30. The molecule has 0 fully saturated rings. The molecule has 2 rings (SSSR count). The Morgan fingerprint density at radius 2 is 1.90 bits per heavy atom. The predicted molar refractivity (Wildman–Crippen MR) is 78.8 cm³/mol. The maximum Gasteiger partial charge on any atom is 0.266 e. The molecule has 1 aromatic heterocycles. The summed E-state index contributed by atoms with van der Waals surface area (Å²) in [7, 11) is -2.48. The van der Waals surface area contributed by atoms with Crippen LogP contribution in [-0.2, 0) is 10.0 Å². The molecule has 0 unspecified atom stereocenters. The van der Waals surface area contributed by atoms with E-state index in [4.69, 9.17) is 16.9 Å². The molecule has 108 valence electrons. The lowest BCUT2D eigenvalue weighted by molar-refractivity contribution is 0.594. The van der Waals surface area contributed by atoms with Gasteiger partial charge in [0, 0.05) is 13.2 Å². The van der Waals surface area contributed by atoms with Crippen LogP contribution in [0.4, 0.5) is 5.69 Å². The van der Waals surface area contributed by atoms with Crippen molar-refractivity contribution in [3.05, 3.63) is 57.5 Å². The minimum Gasteiger partial charge on any atom is -0.326 e. The van der Waals surface area contributed by atoms with Crippen LogP contribution in [0.5, 0.6) is 0 Å². The van der Waals surface area contributed by atoms with E-state index in [1.54, 1.807) is 0 Å². The smallest absolute Gasteiger partial charge is 0.266 e. The van der Waals surface area contributed by atoms with Gasteiger partial charge in [-0.3, -0.25) is 9.10 Å². The molecule has 0 aliphatic carbocycles. The summed E-state index contributed by atoms with van der Waals surface area (Å²) in [6.45, 7) is 0. The van der Waals surface area contributed by atoms with Crippen molar-refractivity contribution in [2.45, 2.75) is 4.90 Å². The zero-order valence-corrected chi connectivity index (χ0v) is 12.4. The molecular formula is C13H10ClN3O3S. The fourth-order valence-corrected chi connectivity index (χ4v) is 3.06. The number of nitriles is 1. The number of hydrogen-bond donors (Lipinski definition) is 1. The molecule has 0 amide bonds. The predicted octanol–water partition coefficient (Wildman–Crippen LogP) is 1.73. The van der Waals surface area contributed by atoms with Gasteiger partial charge in [0.05, 0.1) is 17.3 Å². The van der Waals surface area contributed by atoms with E-state index in [9.17, 15) is 13.2 Å². The first-order valence-electron chi connectivity index (χ1n) is 5.73. The molecule has 0 atom stereocenters. The normalized spacial score (nSPS) is 10.9. The number of halogens is 1. The Labute approximate surface area is 126 Å². The molecule has 1 aromatic carbocycles. The van der Waals surface area contributed by atoms with E-state index in [1.165, 1.54) is 31.3 Å². The Balaban J connectivity index is 2.44. The van der Waals surface area contributed by atoms with Crippen molar-refractivity contribution >= 4 is 27.3 Å². The van der Waals surface area contributed by atoms with Gasteiger partial charge in [-0.15, -0.1) is 0 Å². The van der Waals surface area contributed by atoms with E-state index < -0.39 is 15.6 Å². The van der Waals surface area contributed by atoms with Crippen LogP contribution in [-0.4, -0.2) is 20.4 Å². The van der Waals surface area contributed by atoms with Crippen molar-refractivity contribution in [1.82, 2.24) is 4.98 Å². The summed E-state index contributed by atoms with van der Waals surface area (Å²) in [5.41, 5.74) is 0.254. The quantitative estimate of drug-likeness (QED) is 0.930. The minimum absolute atomic E-state index is 0.126. The highest BCUT2D eigenvalue weighted by Crippen LogP contribution is 2.22. The highest BCUT2D eigenvalue weighted by atomic mass is 35.5. The SMILES string of the molecule is CN(c1ccc(C#N)cc1)S(=O)(=O)c1c[nH]c(=O)c(Cl)c1. The molecule has 0 bridgehead atoms. The van der Waals surface area contributed by atoms with Gasteiger partial charge < -0.3 is 4.98 Å². The summed E-state index contributed by atoms with van der Waals surface area (Å²) < 4.78 is 25.9. The summed E-state index contributed by atoms with van der Waals surface area (Å²) in [6.07, 6.45) is 1.09. The maximum absolute atomic E-state index is 12.4. The molecule has 2 aromatic rings. The van der Waals surface area contributed by atoms with Gasteiger partial charge in [-0.1, -0.05) is 11.6 Å². The number of pyridine rings is 1. The van der Waals surface area contributed by atoms with Crippen molar-refractivity contribution in [2.24, 2.45) is 0 Å². The second-order valence-corrected chi connectivity index (χ2v) is 6.52. The van der Waals surface area contributed by atoms with Crippen LogP contribution in [0.3, 0.4) is 0 Å². The second-order valence-electron chi connectivity index (χ2n) is 4.14. The molecule has 21 heavy (non-hydrogen) atoms. The van der Waals surface area contributed by atoms with Crippen molar-refractivity contribution in [3.8, 4) is 6.07 Å². The average molecular weight is 324 g/mol. The van der Waals surface area contributed by atoms with E-state index in [-0.39, 0.29) is 9.92 Å². The monoisotopic (exact) mass is 323 g/mol. The third-order valence-corrected chi connectivity index (χ3v) is 4.89. The Bertz CT molecular complexity index is 867. The number of H-pyrrole nitrogens is 1. The van der Waals surface area contributed by atoms with Gasteiger partial charge in [0.2, 0.25) is 0 Å². The van der Waals surface area contributed by atoms with Gasteiger partial charge in [0.15, 0.2) is 0 Å². The summed E-state index contributed by atoms with van der Waals surface area (Å²) >= 11 is 5.65. The standard InChI is InChI=1S/C13H10ClN3O3S/c1-17(10-4-2-9(7-15)3-5-10)21(19,20)11-6-12(14)13(18)16-8-11/h2-6,8H,1H3,(H,16,18). The van der Waals surface area contributed by atoms with E-state index in [0.717, 1.165) is 16.6 Å². The highest BCUT2D eigenvalue weighted by molar-refractivity contribution is 7.92. The number of rotatable bonds is 3. The first-order chi connectivity index (χ1) is 9.86. The lowest BCUT2D eigenvalue weighted by Gasteiger charge is -2.19. The van der Waals surface area contributed by atoms with Crippen LogP contribution in [0, 0.1) is 11.3 Å². The number of benzene rings is 1. The molecule has 8 heteroatoms. The number of aromatic nitrogens is 1. The lowest BCUT2D eigenvalue weighted by atomic mass is 10.2. The highest BCUT2D eigenvalue weighted by Gasteiger charge is 2.22. The molecule has 0 saturated heterocycles. The topological polar surface area (TPSA) is 94.0 Å². The fraction of sp³-hybridized carbons (Fsp3) is 0.0769. The van der Waals surface area contributed by atoms with Crippen LogP contribution in [0.2, 0.25) is 5.02 Å². The van der Waals surface area contributed by atoms with Crippen LogP contribution in [0.25, 0.3) is 0 Å². The number of hydrogen-bond acceptors (Lipinski definition) is 4. The number of nitrogens with one attached hydrogen (secondary N) is 1. The van der Waals surface area contributed by atoms with E-state index >= 15 is 0 Å². The van der Waals surface area contributed by atoms with Crippen LogP contribution >= 0.6 is 11.6 Å². The maximum atomic E-state index is 12.4. The second kappa shape index (κ2) is 5.60. The van der Waals surface area contributed by atoms with E-state index in [0.29, 0.717) is 11.3 Å². The van der Waals surface area contributed by atoms with Crippen molar-refractivity contribution in [2.75, 3.05) is 11.4 Å². The van der Waals surface area contributed by atoms with Gasteiger partial charge in [0.1, 0.15) is 9.92 Å².